The zero-order valence-electron chi connectivity index (χ0n) is 13.7. The topological polar surface area (TPSA) is 72.7 Å². The lowest BCUT2D eigenvalue weighted by Crippen LogP contribution is -2.31. The number of carbonyl (C=O) groups excluding carboxylic acids is 1. The van der Waals surface area contributed by atoms with Gasteiger partial charge in [-0.3, -0.25) is 4.79 Å². The van der Waals surface area contributed by atoms with Crippen LogP contribution in [0.15, 0.2) is 35.5 Å². The monoisotopic (exact) mass is 345 g/mol. The molecule has 0 radical (unpaired) electrons. The Balaban J connectivity index is 1.44. The van der Waals surface area contributed by atoms with Crippen LogP contribution in [0.3, 0.4) is 0 Å². The Labute approximate surface area is 146 Å². The lowest BCUT2D eigenvalue weighted by Gasteiger charge is -2.21. The van der Waals surface area contributed by atoms with Gasteiger partial charge in [-0.05, 0) is 34.7 Å². The van der Waals surface area contributed by atoms with Crippen molar-refractivity contribution in [3.05, 3.63) is 35.9 Å². The zero-order chi connectivity index (χ0) is 16.6. The second-order valence-electron chi connectivity index (χ2n) is 6.20. The molecule has 1 amide bonds. The van der Waals surface area contributed by atoms with Gasteiger partial charge in [0.2, 0.25) is 11.1 Å². The number of nitrogens with zero attached hydrogens (tertiary/aromatic N) is 4. The fraction of sp³-hybridized carbons (Fsp3) is 0.529. The zero-order valence-corrected chi connectivity index (χ0v) is 14.5. The molecule has 6 nitrogen and oxygen atoms in total. The van der Waals surface area contributed by atoms with Crippen molar-refractivity contribution < 1.29 is 4.79 Å². The van der Waals surface area contributed by atoms with Gasteiger partial charge in [-0.25, -0.2) is 4.68 Å². The number of hydrogen-bond donors (Lipinski definition) is 1. The lowest BCUT2D eigenvalue weighted by molar-refractivity contribution is -0.118. The van der Waals surface area contributed by atoms with Crippen LogP contribution < -0.4 is 5.32 Å². The summed E-state index contributed by atoms with van der Waals surface area (Å²) < 4.78 is 1.73. The molecule has 1 fully saturated rings. The molecular formula is C17H23N5OS. The molecule has 128 valence electrons. The number of aromatic nitrogens is 4. The molecule has 7 heteroatoms. The molecule has 2 aromatic rings. The Kier molecular flexibility index (Phi) is 6.23. The molecule has 0 atom stereocenters. The predicted octanol–water partition coefficient (Wildman–Crippen LogP) is 2.51. The minimum absolute atomic E-state index is 0.0554. The maximum Gasteiger partial charge on any atom is 0.230 e. The maximum atomic E-state index is 12.0. The normalized spacial score (nSPS) is 15.3. The Morgan fingerprint density at radius 2 is 2.00 bits per heavy atom. The van der Waals surface area contributed by atoms with Gasteiger partial charge in [0.25, 0.3) is 0 Å². The molecule has 3 rings (SSSR count). The molecular weight excluding hydrogens is 322 g/mol. The highest BCUT2D eigenvalue weighted by Gasteiger charge is 2.15. The maximum absolute atomic E-state index is 12.0. The Morgan fingerprint density at radius 3 is 2.79 bits per heavy atom. The van der Waals surface area contributed by atoms with E-state index in [2.05, 4.69) is 20.8 Å². The molecule has 0 saturated heterocycles. The van der Waals surface area contributed by atoms with E-state index in [4.69, 9.17) is 0 Å². The fourth-order valence-electron chi connectivity index (χ4n) is 2.99. The van der Waals surface area contributed by atoms with Gasteiger partial charge in [-0.2, -0.15) is 0 Å². The number of nitrogens with one attached hydrogen (secondary N) is 1. The number of benzene rings is 1. The highest BCUT2D eigenvalue weighted by molar-refractivity contribution is 7.99. The minimum atomic E-state index is 0.0554. The van der Waals surface area contributed by atoms with Crippen molar-refractivity contribution >= 4 is 17.7 Å². The molecule has 1 saturated carbocycles. The Hall–Kier alpha value is -1.89. The van der Waals surface area contributed by atoms with E-state index in [9.17, 15) is 4.79 Å². The van der Waals surface area contributed by atoms with Crippen LogP contribution in [0.4, 0.5) is 0 Å². The van der Waals surface area contributed by atoms with Gasteiger partial charge in [-0.15, -0.1) is 5.10 Å². The standard InChI is InChI=1S/C17H23N5OS/c23-16(18-11-14-7-3-1-4-8-14)13-24-17-19-20-21-22(17)12-15-9-5-2-6-10-15/h2,5-6,9-10,14H,1,3-4,7-8,11-13H2,(H,18,23). The van der Waals surface area contributed by atoms with Crippen molar-refractivity contribution in [1.29, 1.82) is 0 Å². The highest BCUT2D eigenvalue weighted by atomic mass is 32.2. The summed E-state index contributed by atoms with van der Waals surface area (Å²) in [4.78, 5) is 12.0. The van der Waals surface area contributed by atoms with E-state index in [-0.39, 0.29) is 5.91 Å². The SMILES string of the molecule is O=C(CSc1nnnn1Cc1ccccc1)NCC1CCCCC1. The van der Waals surface area contributed by atoms with Gasteiger partial charge < -0.3 is 5.32 Å². The molecule has 0 spiro atoms. The summed E-state index contributed by atoms with van der Waals surface area (Å²) >= 11 is 1.38. The summed E-state index contributed by atoms with van der Waals surface area (Å²) in [6.07, 6.45) is 6.41. The lowest BCUT2D eigenvalue weighted by atomic mass is 9.89. The molecule has 1 heterocycles. The number of thioether (sulfide) groups is 1. The smallest absolute Gasteiger partial charge is 0.230 e. The third kappa shape index (κ3) is 5.06. The van der Waals surface area contributed by atoms with E-state index in [1.54, 1.807) is 4.68 Å². The first-order valence-electron chi connectivity index (χ1n) is 8.51. The van der Waals surface area contributed by atoms with E-state index >= 15 is 0 Å². The van der Waals surface area contributed by atoms with Crippen LogP contribution in [0.5, 0.6) is 0 Å². The second kappa shape index (κ2) is 8.82. The van der Waals surface area contributed by atoms with Crippen molar-refractivity contribution in [3.8, 4) is 0 Å². The summed E-state index contributed by atoms with van der Waals surface area (Å²) in [5.41, 5.74) is 1.13. The first-order chi connectivity index (χ1) is 11.8. The summed E-state index contributed by atoms with van der Waals surface area (Å²) in [6.45, 7) is 1.41. The summed E-state index contributed by atoms with van der Waals surface area (Å²) in [7, 11) is 0. The molecule has 0 aliphatic heterocycles. The quantitative estimate of drug-likeness (QED) is 0.781. The molecule has 1 aromatic heterocycles. The van der Waals surface area contributed by atoms with Crippen LogP contribution in [-0.2, 0) is 11.3 Å². The predicted molar refractivity (Wildman–Crippen MR) is 93.7 cm³/mol. The van der Waals surface area contributed by atoms with Gasteiger partial charge in [0.1, 0.15) is 0 Å². The number of hydrogen-bond acceptors (Lipinski definition) is 5. The van der Waals surface area contributed by atoms with Crippen molar-refractivity contribution in [3.63, 3.8) is 0 Å². The molecule has 0 unspecified atom stereocenters. The van der Waals surface area contributed by atoms with Crippen LogP contribution in [-0.4, -0.2) is 38.4 Å². The largest absolute Gasteiger partial charge is 0.355 e. The Bertz CT molecular complexity index is 639. The van der Waals surface area contributed by atoms with E-state index in [1.165, 1.54) is 43.9 Å². The van der Waals surface area contributed by atoms with Gasteiger partial charge in [-0.1, -0.05) is 61.4 Å². The van der Waals surface area contributed by atoms with Crippen LogP contribution in [0, 0.1) is 5.92 Å². The number of carbonyl (C=O) groups is 1. The minimum Gasteiger partial charge on any atom is -0.355 e. The van der Waals surface area contributed by atoms with Crippen molar-refractivity contribution in [2.24, 2.45) is 5.92 Å². The molecule has 0 bridgehead atoms. The second-order valence-corrected chi connectivity index (χ2v) is 7.14. The van der Waals surface area contributed by atoms with Crippen LogP contribution >= 0.6 is 11.8 Å². The number of rotatable bonds is 7. The van der Waals surface area contributed by atoms with E-state index < -0.39 is 0 Å². The summed E-state index contributed by atoms with van der Waals surface area (Å²) in [6, 6.07) is 10.0. The highest BCUT2D eigenvalue weighted by Crippen LogP contribution is 2.22. The van der Waals surface area contributed by atoms with Crippen molar-refractivity contribution in [1.82, 2.24) is 25.5 Å². The average Bonchev–Trinajstić information content (AvgIpc) is 3.07. The number of tetrazole rings is 1. The van der Waals surface area contributed by atoms with Crippen molar-refractivity contribution in [2.45, 2.75) is 43.8 Å². The van der Waals surface area contributed by atoms with E-state index in [1.807, 2.05) is 30.3 Å². The fourth-order valence-corrected chi connectivity index (χ4v) is 3.69. The van der Waals surface area contributed by atoms with Gasteiger partial charge >= 0.3 is 0 Å². The van der Waals surface area contributed by atoms with E-state index in [0.29, 0.717) is 23.4 Å². The third-order valence-electron chi connectivity index (χ3n) is 4.32. The molecule has 1 aromatic carbocycles. The molecule has 24 heavy (non-hydrogen) atoms. The van der Waals surface area contributed by atoms with Crippen LogP contribution in [0.1, 0.15) is 37.7 Å². The van der Waals surface area contributed by atoms with Crippen LogP contribution in [0.2, 0.25) is 0 Å². The van der Waals surface area contributed by atoms with E-state index in [0.717, 1.165) is 12.1 Å². The average molecular weight is 345 g/mol. The van der Waals surface area contributed by atoms with Crippen molar-refractivity contribution in [2.75, 3.05) is 12.3 Å². The number of amides is 1. The molecule has 1 aliphatic rings. The first kappa shape index (κ1) is 17.0. The van der Waals surface area contributed by atoms with Gasteiger partial charge in [0.15, 0.2) is 0 Å². The third-order valence-corrected chi connectivity index (χ3v) is 5.28. The van der Waals surface area contributed by atoms with Gasteiger partial charge in [0, 0.05) is 6.54 Å². The Morgan fingerprint density at radius 1 is 1.21 bits per heavy atom. The summed E-state index contributed by atoms with van der Waals surface area (Å²) in [5.74, 6) is 1.05. The molecule has 1 aliphatic carbocycles. The van der Waals surface area contributed by atoms with Gasteiger partial charge in [0.05, 0.1) is 12.3 Å². The summed E-state index contributed by atoms with van der Waals surface area (Å²) in [5, 5.41) is 15.5. The first-order valence-corrected chi connectivity index (χ1v) is 9.49. The molecule has 1 N–H and O–H groups in total. The van der Waals surface area contributed by atoms with Crippen LogP contribution in [0.25, 0.3) is 0 Å².